The Hall–Kier alpha value is -3.60. The number of carbonyl (C=O) groups excluding carboxylic acids is 2. The molecule has 1 fully saturated rings. The van der Waals surface area contributed by atoms with Crippen molar-refractivity contribution in [3.8, 4) is 23.1 Å². The summed E-state index contributed by atoms with van der Waals surface area (Å²) < 4.78 is 11.3. The molecule has 2 aliphatic heterocycles. The number of rotatable bonds is 3. The van der Waals surface area contributed by atoms with Gasteiger partial charge in [-0.1, -0.05) is 6.07 Å². The first-order chi connectivity index (χ1) is 13.1. The highest BCUT2D eigenvalue weighted by molar-refractivity contribution is 5.94. The molecule has 0 bridgehead atoms. The predicted octanol–water partition coefficient (Wildman–Crippen LogP) is 1.84. The number of anilines is 1. The lowest BCUT2D eigenvalue weighted by Gasteiger charge is -2.31. The van der Waals surface area contributed by atoms with Gasteiger partial charge < -0.3 is 14.8 Å². The van der Waals surface area contributed by atoms with Gasteiger partial charge in [0.15, 0.2) is 0 Å². The number of aromatic nitrogens is 1. The lowest BCUT2D eigenvalue weighted by molar-refractivity contribution is -0.119. The highest BCUT2D eigenvalue weighted by Gasteiger charge is 2.46. The summed E-state index contributed by atoms with van der Waals surface area (Å²) in [6, 6.07) is 10.5. The number of cyclic esters (lactones) is 1. The van der Waals surface area contributed by atoms with Crippen molar-refractivity contribution in [1.82, 2.24) is 10.3 Å². The van der Waals surface area contributed by atoms with E-state index in [2.05, 4.69) is 16.4 Å². The van der Waals surface area contributed by atoms with E-state index in [9.17, 15) is 9.59 Å². The maximum Gasteiger partial charge on any atom is 0.415 e. The standard InChI is InChI=1S/C19H16N4O4/c1-11(24)22-9-18-16-10-26-17-7-13(14-6-12(8-20)4-5-21-14)2-3-15(17)23(16)19(25)27-18/h2-7,16,18H,9-10H2,1H3,(H,22,24). The molecule has 2 atom stereocenters. The van der Waals surface area contributed by atoms with Crippen LogP contribution in [0, 0.1) is 11.3 Å². The Bertz CT molecular complexity index is 968. The molecular formula is C19H16N4O4. The predicted molar refractivity (Wildman–Crippen MR) is 95.1 cm³/mol. The van der Waals surface area contributed by atoms with Crippen molar-refractivity contribution in [2.75, 3.05) is 18.1 Å². The number of carbonyl (C=O) groups is 2. The number of benzene rings is 1. The molecule has 8 heteroatoms. The quantitative estimate of drug-likeness (QED) is 0.891. The van der Waals surface area contributed by atoms with E-state index in [1.807, 2.05) is 6.07 Å². The molecule has 2 unspecified atom stereocenters. The van der Waals surface area contributed by atoms with E-state index in [1.54, 1.807) is 35.4 Å². The van der Waals surface area contributed by atoms with Crippen LogP contribution in [0.25, 0.3) is 11.3 Å². The van der Waals surface area contributed by atoms with Crippen LogP contribution in [0.15, 0.2) is 36.5 Å². The largest absolute Gasteiger partial charge is 0.489 e. The number of nitrogens with zero attached hydrogens (tertiary/aromatic N) is 3. The number of amides is 2. The number of nitriles is 1. The van der Waals surface area contributed by atoms with Crippen LogP contribution in [0.5, 0.6) is 5.75 Å². The molecule has 1 aromatic heterocycles. The summed E-state index contributed by atoms with van der Waals surface area (Å²) in [5.41, 5.74) is 2.56. The van der Waals surface area contributed by atoms with Gasteiger partial charge >= 0.3 is 6.09 Å². The highest BCUT2D eigenvalue weighted by atomic mass is 16.6. The summed E-state index contributed by atoms with van der Waals surface area (Å²) in [5, 5.41) is 11.7. The third-order valence-corrected chi connectivity index (χ3v) is 4.58. The fraction of sp³-hybridized carbons (Fsp3) is 0.263. The molecule has 27 heavy (non-hydrogen) atoms. The van der Waals surface area contributed by atoms with Crippen molar-refractivity contribution in [3.63, 3.8) is 0 Å². The number of pyridine rings is 1. The first-order valence-electron chi connectivity index (χ1n) is 8.44. The maximum absolute atomic E-state index is 12.4. The first kappa shape index (κ1) is 16.8. The van der Waals surface area contributed by atoms with Crippen LogP contribution in [-0.2, 0) is 9.53 Å². The van der Waals surface area contributed by atoms with Crippen molar-refractivity contribution in [1.29, 1.82) is 5.26 Å². The Labute approximate surface area is 155 Å². The van der Waals surface area contributed by atoms with Gasteiger partial charge in [-0.3, -0.25) is 14.7 Å². The van der Waals surface area contributed by atoms with E-state index in [0.717, 1.165) is 5.56 Å². The molecule has 0 aliphatic carbocycles. The Kier molecular flexibility index (Phi) is 4.12. The minimum atomic E-state index is -0.469. The van der Waals surface area contributed by atoms with Gasteiger partial charge in [0, 0.05) is 18.7 Å². The summed E-state index contributed by atoms with van der Waals surface area (Å²) in [6.45, 7) is 1.92. The lowest BCUT2D eigenvalue weighted by Crippen LogP contribution is -2.47. The zero-order chi connectivity index (χ0) is 19.0. The van der Waals surface area contributed by atoms with Gasteiger partial charge in [-0.25, -0.2) is 4.79 Å². The van der Waals surface area contributed by atoms with Gasteiger partial charge in [-0.2, -0.15) is 5.26 Å². The van der Waals surface area contributed by atoms with Crippen LogP contribution >= 0.6 is 0 Å². The second-order valence-corrected chi connectivity index (χ2v) is 6.33. The van der Waals surface area contributed by atoms with Gasteiger partial charge in [0.05, 0.1) is 29.6 Å². The molecule has 4 rings (SSSR count). The smallest absolute Gasteiger partial charge is 0.415 e. The molecule has 2 amide bonds. The molecule has 0 spiro atoms. The van der Waals surface area contributed by atoms with E-state index >= 15 is 0 Å². The lowest BCUT2D eigenvalue weighted by atomic mass is 10.0. The summed E-state index contributed by atoms with van der Waals surface area (Å²) in [6.07, 6.45) is 0.648. The average molecular weight is 364 g/mol. The molecule has 2 aliphatic rings. The van der Waals surface area contributed by atoms with E-state index < -0.39 is 12.2 Å². The first-order valence-corrected chi connectivity index (χ1v) is 8.44. The summed E-state index contributed by atoms with van der Waals surface area (Å²) in [5.74, 6) is 0.364. The topological polar surface area (TPSA) is 105 Å². The molecule has 136 valence electrons. The van der Waals surface area contributed by atoms with Gasteiger partial charge in [0.25, 0.3) is 0 Å². The summed E-state index contributed by atoms with van der Waals surface area (Å²) in [7, 11) is 0. The molecule has 3 heterocycles. The fourth-order valence-electron chi connectivity index (χ4n) is 3.27. The number of hydrogen-bond donors (Lipinski definition) is 1. The van der Waals surface area contributed by atoms with Gasteiger partial charge in [0.2, 0.25) is 5.91 Å². The average Bonchev–Trinajstić information content (AvgIpc) is 3.02. The van der Waals surface area contributed by atoms with Crippen molar-refractivity contribution in [2.24, 2.45) is 0 Å². The Morgan fingerprint density at radius 2 is 2.26 bits per heavy atom. The molecule has 8 nitrogen and oxygen atoms in total. The minimum Gasteiger partial charge on any atom is -0.489 e. The molecule has 1 N–H and O–H groups in total. The zero-order valence-electron chi connectivity index (χ0n) is 14.5. The van der Waals surface area contributed by atoms with E-state index in [-0.39, 0.29) is 25.1 Å². The van der Waals surface area contributed by atoms with Crippen molar-refractivity contribution in [2.45, 2.75) is 19.1 Å². The van der Waals surface area contributed by atoms with Crippen molar-refractivity contribution in [3.05, 3.63) is 42.1 Å². The van der Waals surface area contributed by atoms with Crippen LogP contribution < -0.4 is 15.0 Å². The van der Waals surface area contributed by atoms with Crippen LogP contribution in [0.1, 0.15) is 12.5 Å². The number of nitrogens with one attached hydrogen (secondary N) is 1. The summed E-state index contributed by atoms with van der Waals surface area (Å²) >= 11 is 0. The molecule has 2 aromatic rings. The van der Waals surface area contributed by atoms with Gasteiger partial charge in [0.1, 0.15) is 24.5 Å². The van der Waals surface area contributed by atoms with E-state index in [4.69, 9.17) is 14.7 Å². The maximum atomic E-state index is 12.4. The third-order valence-electron chi connectivity index (χ3n) is 4.58. The van der Waals surface area contributed by atoms with Gasteiger partial charge in [-0.05, 0) is 24.3 Å². The molecule has 1 saturated heterocycles. The normalized spacial score (nSPS) is 20.0. The molecule has 0 radical (unpaired) electrons. The minimum absolute atomic E-state index is 0.182. The Morgan fingerprint density at radius 1 is 1.41 bits per heavy atom. The van der Waals surface area contributed by atoms with Crippen molar-refractivity contribution < 1.29 is 19.1 Å². The number of ether oxygens (including phenoxy) is 2. The van der Waals surface area contributed by atoms with Crippen molar-refractivity contribution >= 4 is 17.7 Å². The molecular weight excluding hydrogens is 348 g/mol. The molecule has 1 aromatic carbocycles. The van der Waals surface area contributed by atoms with E-state index in [1.165, 1.54) is 6.92 Å². The molecule has 0 saturated carbocycles. The second kappa shape index (κ2) is 6.61. The SMILES string of the molecule is CC(=O)NCC1OC(=O)N2c3ccc(-c4cc(C#N)ccn4)cc3OCC12. The van der Waals surface area contributed by atoms with Crippen LogP contribution in [0.2, 0.25) is 0 Å². The second-order valence-electron chi connectivity index (χ2n) is 6.33. The van der Waals surface area contributed by atoms with Gasteiger partial charge in [-0.15, -0.1) is 0 Å². The third kappa shape index (κ3) is 3.04. The van der Waals surface area contributed by atoms with Crippen LogP contribution in [-0.4, -0.2) is 42.3 Å². The van der Waals surface area contributed by atoms with E-state index in [0.29, 0.717) is 22.7 Å². The van der Waals surface area contributed by atoms with Crippen LogP contribution in [0.4, 0.5) is 10.5 Å². The fourth-order valence-corrected chi connectivity index (χ4v) is 3.27. The van der Waals surface area contributed by atoms with Crippen LogP contribution in [0.3, 0.4) is 0 Å². The number of hydrogen-bond acceptors (Lipinski definition) is 6. The number of fused-ring (bicyclic) bond motifs is 3. The Balaban J connectivity index is 1.63. The Morgan fingerprint density at radius 3 is 3.04 bits per heavy atom. The monoisotopic (exact) mass is 364 g/mol. The highest BCUT2D eigenvalue weighted by Crippen LogP contribution is 2.40. The summed E-state index contributed by atoms with van der Waals surface area (Å²) in [4.78, 5) is 29.3. The zero-order valence-corrected chi connectivity index (χ0v) is 14.5.